The fraction of sp³-hybridized carbons (Fsp3) is 0.643. The normalized spacial score (nSPS) is 22.3. The average Bonchev–Trinajstić information content (AvgIpc) is 2.44. The van der Waals surface area contributed by atoms with Crippen LogP contribution in [-0.2, 0) is 11.3 Å². The lowest BCUT2D eigenvalue weighted by Gasteiger charge is -2.36. The maximum Gasteiger partial charge on any atom is 0.274 e. The first-order valence-corrected chi connectivity index (χ1v) is 7.02. The Bertz CT molecular complexity index is 568. The molecule has 116 valence electrons. The highest BCUT2D eigenvalue weighted by molar-refractivity contribution is 5.92. The van der Waals surface area contributed by atoms with Gasteiger partial charge in [-0.2, -0.15) is 5.10 Å². The number of aromatic nitrogens is 2. The zero-order valence-corrected chi connectivity index (χ0v) is 12.4. The Morgan fingerprint density at radius 1 is 1.52 bits per heavy atom. The van der Waals surface area contributed by atoms with Gasteiger partial charge in [-0.3, -0.25) is 9.59 Å². The molecule has 1 atom stereocenters. The zero-order valence-electron chi connectivity index (χ0n) is 12.4. The summed E-state index contributed by atoms with van der Waals surface area (Å²) in [7, 11) is 1.54. The third-order valence-electron chi connectivity index (χ3n) is 3.56. The molecule has 2 rings (SSSR count). The third-order valence-corrected chi connectivity index (χ3v) is 3.56. The number of carbonyl (C=O) groups is 1. The molecule has 1 aliphatic heterocycles. The Balaban J connectivity index is 2.17. The standard InChI is InChI=1S/C14H21N3O4/c1-14(20)6-3-7-16(10-14)13(19)11-4-5-12(18)17(15-11)8-9-21-2/h4-5,20H,3,6-10H2,1-2H3. The summed E-state index contributed by atoms with van der Waals surface area (Å²) in [6.07, 6.45) is 1.43. The van der Waals surface area contributed by atoms with E-state index in [1.165, 1.54) is 23.9 Å². The maximum atomic E-state index is 12.4. The van der Waals surface area contributed by atoms with Gasteiger partial charge in [0.25, 0.3) is 11.5 Å². The Labute approximate surface area is 123 Å². The second-order valence-electron chi connectivity index (χ2n) is 5.60. The van der Waals surface area contributed by atoms with Crippen LogP contribution in [0.1, 0.15) is 30.3 Å². The SMILES string of the molecule is COCCn1nc(C(=O)N2CCCC(C)(O)C2)ccc1=O. The molecule has 0 bridgehead atoms. The minimum atomic E-state index is -0.863. The van der Waals surface area contributed by atoms with Crippen LogP contribution in [0, 0.1) is 0 Å². The van der Waals surface area contributed by atoms with Gasteiger partial charge < -0.3 is 14.7 Å². The summed E-state index contributed by atoms with van der Waals surface area (Å²) in [5, 5.41) is 14.2. The molecular formula is C14H21N3O4. The summed E-state index contributed by atoms with van der Waals surface area (Å²) >= 11 is 0. The van der Waals surface area contributed by atoms with E-state index in [9.17, 15) is 14.7 Å². The molecule has 0 aliphatic carbocycles. The number of hydrogen-bond donors (Lipinski definition) is 1. The van der Waals surface area contributed by atoms with Crippen LogP contribution in [0.2, 0.25) is 0 Å². The Morgan fingerprint density at radius 2 is 2.29 bits per heavy atom. The van der Waals surface area contributed by atoms with E-state index in [0.29, 0.717) is 26.1 Å². The van der Waals surface area contributed by atoms with Crippen molar-refractivity contribution in [1.82, 2.24) is 14.7 Å². The van der Waals surface area contributed by atoms with Crippen molar-refractivity contribution in [3.63, 3.8) is 0 Å². The van der Waals surface area contributed by atoms with Crippen molar-refractivity contribution in [2.75, 3.05) is 26.8 Å². The van der Waals surface area contributed by atoms with Gasteiger partial charge >= 0.3 is 0 Å². The van der Waals surface area contributed by atoms with Gasteiger partial charge in [0, 0.05) is 26.3 Å². The molecule has 1 unspecified atom stereocenters. The highest BCUT2D eigenvalue weighted by Gasteiger charge is 2.31. The maximum absolute atomic E-state index is 12.4. The van der Waals surface area contributed by atoms with Crippen LogP contribution in [0.3, 0.4) is 0 Å². The fourth-order valence-electron chi connectivity index (χ4n) is 2.46. The van der Waals surface area contributed by atoms with Gasteiger partial charge in [-0.15, -0.1) is 0 Å². The molecule has 1 N–H and O–H groups in total. The van der Waals surface area contributed by atoms with Gasteiger partial charge in [-0.1, -0.05) is 0 Å². The predicted molar refractivity (Wildman–Crippen MR) is 76.1 cm³/mol. The number of ether oxygens (including phenoxy) is 1. The number of piperidine rings is 1. The minimum Gasteiger partial charge on any atom is -0.388 e. The van der Waals surface area contributed by atoms with Crippen molar-refractivity contribution >= 4 is 5.91 Å². The van der Waals surface area contributed by atoms with E-state index in [0.717, 1.165) is 6.42 Å². The average molecular weight is 295 g/mol. The van der Waals surface area contributed by atoms with Gasteiger partial charge in [0.2, 0.25) is 0 Å². The van der Waals surface area contributed by atoms with Gasteiger partial charge in [0.05, 0.1) is 18.8 Å². The molecule has 1 fully saturated rings. The van der Waals surface area contributed by atoms with E-state index in [2.05, 4.69) is 5.10 Å². The number of nitrogens with zero attached hydrogens (tertiary/aromatic N) is 3. The van der Waals surface area contributed by atoms with Crippen LogP contribution in [0.4, 0.5) is 0 Å². The summed E-state index contributed by atoms with van der Waals surface area (Å²) in [4.78, 5) is 25.7. The van der Waals surface area contributed by atoms with Crippen LogP contribution in [0.5, 0.6) is 0 Å². The highest BCUT2D eigenvalue weighted by atomic mass is 16.5. The monoisotopic (exact) mass is 295 g/mol. The Hall–Kier alpha value is -1.73. The van der Waals surface area contributed by atoms with Crippen molar-refractivity contribution < 1.29 is 14.6 Å². The van der Waals surface area contributed by atoms with Crippen molar-refractivity contribution in [3.05, 3.63) is 28.2 Å². The number of amides is 1. The van der Waals surface area contributed by atoms with E-state index in [4.69, 9.17) is 4.74 Å². The van der Waals surface area contributed by atoms with Crippen LogP contribution >= 0.6 is 0 Å². The Kier molecular flexibility index (Phi) is 4.74. The quantitative estimate of drug-likeness (QED) is 0.837. The molecule has 2 heterocycles. The van der Waals surface area contributed by atoms with Crippen molar-refractivity contribution in [1.29, 1.82) is 0 Å². The Morgan fingerprint density at radius 3 is 2.95 bits per heavy atom. The predicted octanol–water partition coefficient (Wildman–Crippen LogP) is -0.123. The molecule has 7 nitrogen and oxygen atoms in total. The number of likely N-dealkylation sites (tertiary alicyclic amines) is 1. The molecule has 0 radical (unpaired) electrons. The first kappa shape index (κ1) is 15.7. The molecular weight excluding hydrogens is 274 g/mol. The summed E-state index contributed by atoms with van der Waals surface area (Å²) in [6.45, 7) is 3.25. The van der Waals surface area contributed by atoms with Crippen LogP contribution < -0.4 is 5.56 Å². The van der Waals surface area contributed by atoms with E-state index in [1.807, 2.05) is 0 Å². The zero-order chi connectivity index (χ0) is 15.5. The summed E-state index contributed by atoms with van der Waals surface area (Å²) in [6, 6.07) is 2.76. The molecule has 0 spiro atoms. The molecule has 0 aromatic carbocycles. The molecule has 21 heavy (non-hydrogen) atoms. The smallest absolute Gasteiger partial charge is 0.274 e. The van der Waals surface area contributed by atoms with Crippen molar-refractivity contribution in [3.8, 4) is 0 Å². The van der Waals surface area contributed by atoms with Gasteiger partial charge in [-0.05, 0) is 25.8 Å². The molecule has 0 saturated carbocycles. The van der Waals surface area contributed by atoms with Crippen LogP contribution in [0.15, 0.2) is 16.9 Å². The van der Waals surface area contributed by atoms with Crippen molar-refractivity contribution in [2.24, 2.45) is 0 Å². The second-order valence-corrected chi connectivity index (χ2v) is 5.60. The van der Waals surface area contributed by atoms with Crippen molar-refractivity contribution in [2.45, 2.75) is 31.9 Å². The third kappa shape index (κ3) is 3.89. The lowest BCUT2D eigenvalue weighted by molar-refractivity contribution is -0.0110. The van der Waals surface area contributed by atoms with E-state index >= 15 is 0 Å². The number of methoxy groups -OCH3 is 1. The number of carbonyl (C=O) groups excluding carboxylic acids is 1. The fourth-order valence-corrected chi connectivity index (χ4v) is 2.46. The molecule has 1 aromatic heterocycles. The molecule has 1 aromatic rings. The number of rotatable bonds is 4. The summed E-state index contributed by atoms with van der Waals surface area (Å²) in [5.74, 6) is -0.263. The lowest BCUT2D eigenvalue weighted by Crippen LogP contribution is -2.49. The van der Waals surface area contributed by atoms with Crippen LogP contribution in [0.25, 0.3) is 0 Å². The van der Waals surface area contributed by atoms with Gasteiger partial charge in [-0.25, -0.2) is 4.68 Å². The molecule has 7 heteroatoms. The number of aliphatic hydroxyl groups is 1. The first-order valence-electron chi connectivity index (χ1n) is 7.02. The highest BCUT2D eigenvalue weighted by Crippen LogP contribution is 2.21. The lowest BCUT2D eigenvalue weighted by atomic mass is 9.95. The van der Waals surface area contributed by atoms with Gasteiger partial charge in [0.15, 0.2) is 0 Å². The van der Waals surface area contributed by atoms with E-state index in [-0.39, 0.29) is 23.7 Å². The largest absolute Gasteiger partial charge is 0.388 e. The molecule has 1 amide bonds. The molecule has 1 aliphatic rings. The minimum absolute atomic E-state index is 0.211. The van der Waals surface area contributed by atoms with E-state index in [1.54, 1.807) is 11.8 Å². The van der Waals surface area contributed by atoms with Crippen LogP contribution in [-0.4, -0.2) is 58.1 Å². The first-order chi connectivity index (χ1) is 9.93. The second kappa shape index (κ2) is 6.36. The molecule has 1 saturated heterocycles. The summed E-state index contributed by atoms with van der Waals surface area (Å²) in [5.41, 5.74) is -0.920. The summed E-state index contributed by atoms with van der Waals surface area (Å²) < 4.78 is 6.14. The number of β-amino-alcohol motifs (C(OH)–C–C–N with tert-alkyl or cyclic N) is 1. The van der Waals surface area contributed by atoms with E-state index < -0.39 is 5.60 Å². The van der Waals surface area contributed by atoms with Gasteiger partial charge in [0.1, 0.15) is 5.69 Å². The topological polar surface area (TPSA) is 84.7 Å². The number of hydrogen-bond acceptors (Lipinski definition) is 5.